The summed E-state index contributed by atoms with van der Waals surface area (Å²) in [5, 5.41) is 21.6. The number of aromatic amines is 2. The third-order valence-corrected chi connectivity index (χ3v) is 6.36. The minimum absolute atomic E-state index is 0.0220. The Morgan fingerprint density at radius 3 is 2.76 bits per heavy atom. The van der Waals surface area contributed by atoms with E-state index >= 15 is 0 Å². The molecule has 1 aliphatic carbocycles. The fraction of sp³-hybridized carbons (Fsp3) is 0.167. The van der Waals surface area contributed by atoms with Crippen LogP contribution < -0.4 is 5.56 Å². The maximum absolute atomic E-state index is 14.3. The van der Waals surface area contributed by atoms with Crippen LogP contribution >= 0.6 is 0 Å². The van der Waals surface area contributed by atoms with Crippen molar-refractivity contribution in [2.24, 2.45) is 0 Å². The van der Waals surface area contributed by atoms with Gasteiger partial charge in [0, 0.05) is 39.9 Å². The van der Waals surface area contributed by atoms with Gasteiger partial charge in [0.05, 0.1) is 6.54 Å². The van der Waals surface area contributed by atoms with Crippen molar-refractivity contribution in [2.75, 3.05) is 0 Å². The number of pyridine rings is 1. The van der Waals surface area contributed by atoms with Crippen LogP contribution in [-0.4, -0.2) is 36.0 Å². The Morgan fingerprint density at radius 2 is 1.97 bits per heavy atom. The third-order valence-electron chi connectivity index (χ3n) is 6.36. The number of carbonyl (C=O) groups is 1. The van der Waals surface area contributed by atoms with E-state index in [1.54, 1.807) is 16.7 Å². The normalized spacial score (nSPS) is 13.1. The summed E-state index contributed by atoms with van der Waals surface area (Å²) in [6, 6.07) is 9.91. The Bertz CT molecular complexity index is 1650. The van der Waals surface area contributed by atoms with Crippen LogP contribution in [0.3, 0.4) is 0 Å². The second-order valence-electron chi connectivity index (χ2n) is 8.28. The lowest BCUT2D eigenvalue weighted by Crippen LogP contribution is -2.14. The van der Waals surface area contributed by atoms with Gasteiger partial charge in [0.15, 0.2) is 0 Å². The number of aromatic carboxylic acids is 1. The van der Waals surface area contributed by atoms with E-state index in [0.717, 1.165) is 30.4 Å². The van der Waals surface area contributed by atoms with Gasteiger partial charge in [-0.05, 0) is 60.7 Å². The van der Waals surface area contributed by atoms with Crippen molar-refractivity contribution in [2.45, 2.75) is 25.8 Å². The van der Waals surface area contributed by atoms with Gasteiger partial charge in [-0.2, -0.15) is 15.4 Å². The molecule has 0 saturated heterocycles. The fourth-order valence-electron chi connectivity index (χ4n) is 4.97. The van der Waals surface area contributed by atoms with Gasteiger partial charge < -0.3 is 14.7 Å². The number of halogens is 1. The lowest BCUT2D eigenvalue weighted by atomic mass is 10.00. The molecule has 8 nitrogen and oxygen atoms in total. The van der Waals surface area contributed by atoms with Crippen LogP contribution in [0.25, 0.3) is 33.1 Å². The van der Waals surface area contributed by atoms with Crippen molar-refractivity contribution < 1.29 is 14.3 Å². The minimum Gasteiger partial charge on any atom is -0.477 e. The van der Waals surface area contributed by atoms with Gasteiger partial charge in [0.1, 0.15) is 22.5 Å². The number of fused-ring (bicyclic) bond motifs is 3. The topological polar surface area (TPSA) is 117 Å². The molecule has 6 rings (SSSR count). The first-order chi connectivity index (χ1) is 16.0. The highest BCUT2D eigenvalue weighted by molar-refractivity contribution is 6.08. The molecule has 3 aromatic heterocycles. The summed E-state index contributed by atoms with van der Waals surface area (Å²) in [7, 11) is 0. The largest absolute Gasteiger partial charge is 0.477 e. The SMILES string of the molecule is O=C(O)c1c(-c2ccc[nH]c2=O)c2cc3c(cc2n1Cc1cc(F)cc2n[nH]nc12)CCC3. The number of aryl methyl sites for hydroxylation is 2. The van der Waals surface area contributed by atoms with E-state index in [4.69, 9.17) is 0 Å². The first-order valence-corrected chi connectivity index (χ1v) is 10.6. The Balaban J connectivity index is 1.70. The Hall–Kier alpha value is -4.27. The summed E-state index contributed by atoms with van der Waals surface area (Å²) < 4.78 is 15.9. The van der Waals surface area contributed by atoms with Crippen molar-refractivity contribution in [3.8, 4) is 11.1 Å². The van der Waals surface area contributed by atoms with Gasteiger partial charge in [-0.15, -0.1) is 0 Å². The molecule has 2 aromatic carbocycles. The smallest absolute Gasteiger partial charge is 0.353 e. The number of nitrogens with one attached hydrogen (secondary N) is 2. The van der Waals surface area contributed by atoms with Crippen LogP contribution in [0, 0.1) is 5.82 Å². The van der Waals surface area contributed by atoms with Crippen molar-refractivity contribution in [1.29, 1.82) is 0 Å². The van der Waals surface area contributed by atoms with Gasteiger partial charge in [0.25, 0.3) is 5.56 Å². The molecule has 0 atom stereocenters. The van der Waals surface area contributed by atoms with Crippen LogP contribution in [0.2, 0.25) is 0 Å². The quantitative estimate of drug-likeness (QED) is 0.392. The second kappa shape index (κ2) is 7.13. The van der Waals surface area contributed by atoms with Crippen LogP contribution in [0.4, 0.5) is 4.39 Å². The van der Waals surface area contributed by atoms with E-state index in [0.29, 0.717) is 33.1 Å². The average Bonchev–Trinajstić information content (AvgIpc) is 3.50. The molecule has 0 fully saturated rings. The first kappa shape index (κ1) is 19.4. The lowest BCUT2D eigenvalue weighted by molar-refractivity contribution is 0.0687. The van der Waals surface area contributed by atoms with E-state index in [2.05, 4.69) is 20.4 Å². The van der Waals surface area contributed by atoms with Gasteiger partial charge in [-0.1, -0.05) is 0 Å². The number of aromatic nitrogens is 5. The number of hydrogen-bond acceptors (Lipinski definition) is 4. The van der Waals surface area contributed by atoms with Crippen LogP contribution in [0.15, 0.2) is 47.4 Å². The highest BCUT2D eigenvalue weighted by Gasteiger charge is 2.27. The molecule has 33 heavy (non-hydrogen) atoms. The summed E-state index contributed by atoms with van der Waals surface area (Å²) in [5.74, 6) is -1.65. The maximum Gasteiger partial charge on any atom is 0.353 e. The predicted molar refractivity (Wildman–Crippen MR) is 120 cm³/mol. The molecule has 3 N–H and O–H groups in total. The molecule has 3 heterocycles. The lowest BCUT2D eigenvalue weighted by Gasteiger charge is -2.11. The zero-order valence-electron chi connectivity index (χ0n) is 17.4. The zero-order chi connectivity index (χ0) is 22.7. The summed E-state index contributed by atoms with van der Waals surface area (Å²) in [6.07, 6.45) is 4.36. The first-order valence-electron chi connectivity index (χ1n) is 10.6. The summed E-state index contributed by atoms with van der Waals surface area (Å²) in [4.78, 5) is 27.9. The van der Waals surface area contributed by atoms with E-state index in [-0.39, 0.29) is 23.4 Å². The second-order valence-corrected chi connectivity index (χ2v) is 8.28. The van der Waals surface area contributed by atoms with Gasteiger partial charge in [-0.3, -0.25) is 4.79 Å². The van der Waals surface area contributed by atoms with Gasteiger partial charge in [0.2, 0.25) is 0 Å². The molecule has 0 radical (unpaired) electrons. The zero-order valence-corrected chi connectivity index (χ0v) is 17.4. The number of nitrogens with zero attached hydrogens (tertiary/aromatic N) is 3. The summed E-state index contributed by atoms with van der Waals surface area (Å²) >= 11 is 0. The Morgan fingerprint density at radius 1 is 1.15 bits per heavy atom. The number of rotatable bonds is 4. The average molecular weight is 443 g/mol. The molecule has 1 aliphatic rings. The molecule has 0 saturated carbocycles. The molecular weight excluding hydrogens is 425 g/mol. The summed E-state index contributed by atoms with van der Waals surface area (Å²) in [6.45, 7) is 0.0580. The highest BCUT2D eigenvalue weighted by atomic mass is 19.1. The minimum atomic E-state index is -1.17. The summed E-state index contributed by atoms with van der Waals surface area (Å²) in [5.41, 5.74) is 4.58. The third kappa shape index (κ3) is 2.96. The Labute approximate surface area is 185 Å². The highest BCUT2D eigenvalue weighted by Crippen LogP contribution is 2.38. The standard InChI is InChI=1S/C24H18FN5O3/c25-15-7-14(21-18(10-15)27-29-28-21)11-30-19-9-13-4-1-3-12(13)8-17(19)20(22(30)24(32)33)16-5-2-6-26-23(16)31/h2,5-10H,1,3-4,11H2,(H,26,31)(H,32,33)(H,27,28,29). The molecule has 0 unspecified atom stereocenters. The molecule has 9 heteroatoms. The van der Waals surface area contributed by atoms with Crippen LogP contribution in [0.5, 0.6) is 0 Å². The number of carboxylic acid groups (broad SMARTS) is 1. The van der Waals surface area contributed by atoms with Crippen LogP contribution in [-0.2, 0) is 19.4 Å². The van der Waals surface area contributed by atoms with Gasteiger partial charge >= 0.3 is 5.97 Å². The van der Waals surface area contributed by atoms with E-state index in [1.807, 2.05) is 12.1 Å². The van der Waals surface area contributed by atoms with E-state index < -0.39 is 11.8 Å². The molecule has 0 amide bonds. The van der Waals surface area contributed by atoms with E-state index in [9.17, 15) is 19.1 Å². The molecular formula is C24H18FN5O3. The van der Waals surface area contributed by atoms with E-state index in [1.165, 1.54) is 18.3 Å². The number of hydrogen-bond donors (Lipinski definition) is 3. The Kier molecular flexibility index (Phi) is 4.19. The molecule has 0 spiro atoms. The molecule has 0 bridgehead atoms. The van der Waals surface area contributed by atoms with Crippen molar-refractivity contribution in [3.05, 3.63) is 81.2 Å². The predicted octanol–water partition coefficient (Wildman–Crippen LogP) is 3.64. The van der Waals surface area contributed by atoms with Crippen LogP contribution in [0.1, 0.15) is 33.6 Å². The van der Waals surface area contributed by atoms with Crippen molar-refractivity contribution in [3.63, 3.8) is 0 Å². The number of H-pyrrole nitrogens is 2. The number of benzene rings is 2. The fourth-order valence-corrected chi connectivity index (χ4v) is 4.97. The maximum atomic E-state index is 14.3. The van der Waals surface area contributed by atoms with Gasteiger partial charge in [-0.25, -0.2) is 9.18 Å². The monoisotopic (exact) mass is 443 g/mol. The van der Waals surface area contributed by atoms with Crippen molar-refractivity contribution >= 4 is 27.9 Å². The van der Waals surface area contributed by atoms with Crippen molar-refractivity contribution in [1.82, 2.24) is 25.0 Å². The molecule has 164 valence electrons. The number of carboxylic acids is 1. The molecule has 5 aromatic rings. The molecule has 0 aliphatic heterocycles.